The molecule has 3 heterocycles. The molecule has 4 rings (SSSR count). The lowest BCUT2D eigenvalue weighted by molar-refractivity contribution is -0.138. The largest absolute Gasteiger partial charge is 0.462 e. The summed E-state index contributed by atoms with van der Waals surface area (Å²) >= 11 is 4.52. The molecule has 1 aromatic carbocycles. The second-order valence-corrected chi connectivity index (χ2v) is 12.1. The lowest BCUT2D eigenvalue weighted by Gasteiger charge is -2.51. The van der Waals surface area contributed by atoms with Gasteiger partial charge in [-0.2, -0.15) is 0 Å². The zero-order chi connectivity index (χ0) is 23.8. The molecule has 1 aromatic rings. The van der Waals surface area contributed by atoms with Gasteiger partial charge < -0.3 is 14.4 Å². The highest BCUT2D eigenvalue weighted by Gasteiger charge is 2.52. The highest BCUT2D eigenvalue weighted by Crippen LogP contribution is 2.66. The molecule has 33 heavy (non-hydrogen) atoms. The van der Waals surface area contributed by atoms with Crippen LogP contribution in [0.5, 0.6) is 0 Å². The van der Waals surface area contributed by atoms with Crippen molar-refractivity contribution in [2.75, 3.05) is 24.7 Å². The zero-order valence-corrected chi connectivity index (χ0v) is 22.0. The van der Waals surface area contributed by atoms with Crippen molar-refractivity contribution in [2.45, 2.75) is 50.7 Å². The van der Waals surface area contributed by atoms with E-state index in [0.717, 1.165) is 29.0 Å². The first kappa shape index (κ1) is 24.4. The Morgan fingerprint density at radius 3 is 2.33 bits per heavy atom. The van der Waals surface area contributed by atoms with Crippen molar-refractivity contribution in [3.63, 3.8) is 0 Å². The van der Waals surface area contributed by atoms with E-state index in [9.17, 15) is 9.59 Å². The van der Waals surface area contributed by atoms with E-state index in [4.69, 9.17) is 9.47 Å². The van der Waals surface area contributed by atoms with Crippen molar-refractivity contribution in [1.29, 1.82) is 0 Å². The Bertz CT molecular complexity index is 1080. The predicted molar refractivity (Wildman–Crippen MR) is 140 cm³/mol. The van der Waals surface area contributed by atoms with Crippen LogP contribution in [0.3, 0.4) is 0 Å². The maximum Gasteiger partial charge on any atom is 0.345 e. The Kier molecular flexibility index (Phi) is 6.99. The molecule has 1 spiro atoms. The first-order valence-electron chi connectivity index (χ1n) is 11.2. The summed E-state index contributed by atoms with van der Waals surface area (Å²) in [6.07, 6.45) is 2.99. The standard InChI is InChI=1S/C25H29NO4S3/c1-6-13-26-17-12-10-9-11-16(17)20-21(24(26,4)5)32-18(22(27)29-7-2)14-25(20)31-15-19(33-25)23(28)30-8-3/h9-12,14-15H,6-8,13H2,1-5H3. The fraction of sp³-hybridized carbons (Fsp3) is 0.440. The molecule has 3 aliphatic rings. The third kappa shape index (κ3) is 4.15. The Hall–Kier alpha value is -1.77. The number of nitrogens with zero attached hydrogens (tertiary/aromatic N) is 1. The van der Waals surface area contributed by atoms with Gasteiger partial charge in [-0.1, -0.05) is 48.6 Å². The fourth-order valence-corrected chi connectivity index (χ4v) is 8.83. The van der Waals surface area contributed by atoms with E-state index < -0.39 is 4.08 Å². The van der Waals surface area contributed by atoms with Gasteiger partial charge in [0.05, 0.1) is 23.7 Å². The summed E-state index contributed by atoms with van der Waals surface area (Å²) in [5.41, 5.74) is 3.14. The lowest BCUT2D eigenvalue weighted by Crippen LogP contribution is -2.50. The molecular weight excluding hydrogens is 474 g/mol. The summed E-state index contributed by atoms with van der Waals surface area (Å²) in [5, 5.41) is 1.87. The fourth-order valence-electron chi connectivity index (χ4n) is 4.42. The molecule has 0 saturated carbocycles. The monoisotopic (exact) mass is 503 g/mol. The number of anilines is 1. The lowest BCUT2D eigenvalue weighted by atomic mass is 9.85. The first-order valence-corrected chi connectivity index (χ1v) is 13.7. The average Bonchev–Trinajstić information content (AvgIpc) is 3.21. The van der Waals surface area contributed by atoms with E-state index in [-0.39, 0.29) is 17.5 Å². The molecule has 1 unspecified atom stereocenters. The van der Waals surface area contributed by atoms with Gasteiger partial charge in [0, 0.05) is 28.3 Å². The number of carbonyl (C=O) groups excluding carboxylic acids is 2. The molecule has 8 heteroatoms. The number of benzene rings is 1. The molecule has 3 aliphatic heterocycles. The van der Waals surface area contributed by atoms with E-state index in [1.165, 1.54) is 29.2 Å². The van der Waals surface area contributed by atoms with E-state index in [0.29, 0.717) is 23.0 Å². The second-order valence-electron chi connectivity index (χ2n) is 8.35. The van der Waals surface area contributed by atoms with Gasteiger partial charge in [-0.25, -0.2) is 9.59 Å². The van der Waals surface area contributed by atoms with Gasteiger partial charge in [0.15, 0.2) is 0 Å². The van der Waals surface area contributed by atoms with Crippen molar-refractivity contribution >= 4 is 58.5 Å². The third-order valence-corrected chi connectivity index (χ3v) is 10.1. The van der Waals surface area contributed by atoms with Crippen molar-refractivity contribution in [2.24, 2.45) is 0 Å². The van der Waals surface area contributed by atoms with Crippen LogP contribution in [-0.4, -0.2) is 41.3 Å². The summed E-state index contributed by atoms with van der Waals surface area (Å²) in [6, 6.07) is 8.45. The van der Waals surface area contributed by atoms with Gasteiger partial charge in [-0.05, 0) is 51.7 Å². The third-order valence-electron chi connectivity index (χ3n) is 5.81. The molecule has 0 N–H and O–H groups in total. The molecule has 176 valence electrons. The molecular formula is C25H29NO4S3. The number of ether oxygens (including phenoxy) is 2. The van der Waals surface area contributed by atoms with Crippen molar-refractivity contribution in [1.82, 2.24) is 0 Å². The zero-order valence-electron chi connectivity index (χ0n) is 19.6. The van der Waals surface area contributed by atoms with Crippen molar-refractivity contribution < 1.29 is 19.1 Å². The smallest absolute Gasteiger partial charge is 0.345 e. The summed E-state index contributed by atoms with van der Waals surface area (Å²) in [4.78, 5) is 30.2. The number of fused-ring (bicyclic) bond motifs is 3. The van der Waals surface area contributed by atoms with Crippen molar-refractivity contribution in [3.05, 3.63) is 56.0 Å². The number of carbonyl (C=O) groups is 2. The summed E-state index contributed by atoms with van der Waals surface area (Å²) in [7, 11) is 0. The first-order chi connectivity index (χ1) is 15.8. The number of esters is 2. The maximum atomic E-state index is 12.9. The van der Waals surface area contributed by atoms with Crippen LogP contribution in [0, 0.1) is 0 Å². The van der Waals surface area contributed by atoms with Crippen LogP contribution in [0.4, 0.5) is 5.69 Å². The van der Waals surface area contributed by atoms with Crippen molar-refractivity contribution in [3.8, 4) is 0 Å². The number of para-hydroxylation sites is 1. The van der Waals surface area contributed by atoms with Gasteiger partial charge in [0.2, 0.25) is 0 Å². The minimum atomic E-state index is -0.642. The summed E-state index contributed by atoms with van der Waals surface area (Å²) in [5.74, 6) is -0.648. The van der Waals surface area contributed by atoms with Crippen LogP contribution in [0.15, 0.2) is 50.5 Å². The van der Waals surface area contributed by atoms with Crippen LogP contribution >= 0.6 is 35.3 Å². The molecule has 0 fully saturated rings. The van der Waals surface area contributed by atoms with E-state index in [1.54, 1.807) is 18.7 Å². The SMILES string of the molecule is CCCN1c2ccccc2C2=C(SC(C(=O)OCC)=CC23SC=C(C(=O)OCC)S3)C1(C)C. The molecule has 0 radical (unpaired) electrons. The number of thioether (sulfide) groups is 3. The number of hydrogen-bond donors (Lipinski definition) is 0. The topological polar surface area (TPSA) is 55.8 Å². The van der Waals surface area contributed by atoms with Gasteiger partial charge >= 0.3 is 11.9 Å². The minimum absolute atomic E-state index is 0.316. The van der Waals surface area contributed by atoms with Crippen LogP contribution in [-0.2, 0) is 19.1 Å². The van der Waals surface area contributed by atoms with Crippen LogP contribution in [0.2, 0.25) is 0 Å². The van der Waals surface area contributed by atoms with Gasteiger partial charge in [0.1, 0.15) is 8.98 Å². The Morgan fingerprint density at radius 1 is 1.00 bits per heavy atom. The molecule has 1 atom stereocenters. The molecule has 0 amide bonds. The quantitative estimate of drug-likeness (QED) is 0.427. The molecule has 5 nitrogen and oxygen atoms in total. The Labute approximate surface area is 208 Å². The van der Waals surface area contributed by atoms with Crippen LogP contribution < -0.4 is 4.90 Å². The number of rotatable bonds is 6. The molecule has 0 bridgehead atoms. The highest BCUT2D eigenvalue weighted by molar-refractivity contribution is 8.25. The normalized spacial score (nSPS) is 23.0. The summed E-state index contributed by atoms with van der Waals surface area (Å²) in [6.45, 7) is 11.8. The number of hydrogen-bond acceptors (Lipinski definition) is 8. The van der Waals surface area contributed by atoms with Crippen LogP contribution in [0.25, 0.3) is 5.57 Å². The van der Waals surface area contributed by atoms with Gasteiger partial charge in [0.25, 0.3) is 0 Å². The van der Waals surface area contributed by atoms with Crippen LogP contribution in [0.1, 0.15) is 46.6 Å². The summed E-state index contributed by atoms with van der Waals surface area (Å²) < 4.78 is 10.0. The van der Waals surface area contributed by atoms with E-state index in [1.807, 2.05) is 18.4 Å². The highest BCUT2D eigenvalue weighted by atomic mass is 32.2. The van der Waals surface area contributed by atoms with E-state index >= 15 is 0 Å². The van der Waals surface area contributed by atoms with Gasteiger partial charge in [-0.3, -0.25) is 0 Å². The molecule has 0 aliphatic carbocycles. The molecule has 0 aromatic heterocycles. The predicted octanol–water partition coefficient (Wildman–Crippen LogP) is 6.18. The minimum Gasteiger partial charge on any atom is -0.462 e. The van der Waals surface area contributed by atoms with Gasteiger partial charge in [-0.15, -0.1) is 11.8 Å². The Morgan fingerprint density at radius 2 is 1.67 bits per heavy atom. The second kappa shape index (κ2) is 9.47. The average molecular weight is 504 g/mol. The maximum absolute atomic E-state index is 12.9. The Balaban J connectivity index is 1.90. The molecule has 0 saturated heterocycles. The van der Waals surface area contributed by atoms with E-state index in [2.05, 4.69) is 49.9 Å².